The first-order valence-corrected chi connectivity index (χ1v) is 9.36. The lowest BCUT2D eigenvalue weighted by Crippen LogP contribution is -2.54. The van der Waals surface area contributed by atoms with Crippen LogP contribution in [-0.2, 0) is 0 Å². The highest BCUT2D eigenvalue weighted by Gasteiger charge is 2.46. The molecule has 0 bridgehead atoms. The van der Waals surface area contributed by atoms with Gasteiger partial charge in [0.05, 0.1) is 6.04 Å². The summed E-state index contributed by atoms with van der Waals surface area (Å²) in [5.41, 5.74) is 6.65. The lowest BCUT2D eigenvalue weighted by molar-refractivity contribution is -0.0100. The van der Waals surface area contributed by atoms with Gasteiger partial charge in [0, 0.05) is 12.5 Å². The standard InChI is InChI=1S/C20H31FN2O2/c1-20(2,3)13-8-10-23(11-9-13)18-15(22)12-17(19(18)24)25-16-7-5-4-6-14(16)21/h4-7,13,15,17-19,24H,8-12,22H2,1-3H3/t15-,17-,18+,19+/m1/s1. The summed E-state index contributed by atoms with van der Waals surface area (Å²) in [7, 11) is 0. The largest absolute Gasteiger partial charge is 0.485 e. The van der Waals surface area contributed by atoms with E-state index < -0.39 is 18.0 Å². The highest BCUT2D eigenvalue weighted by atomic mass is 19.1. The van der Waals surface area contributed by atoms with Crippen LogP contribution < -0.4 is 10.5 Å². The second kappa shape index (κ2) is 7.22. The van der Waals surface area contributed by atoms with Gasteiger partial charge in [0.1, 0.15) is 12.2 Å². The number of aliphatic hydroxyl groups excluding tert-OH is 1. The molecule has 0 spiro atoms. The molecule has 2 fully saturated rings. The Labute approximate surface area is 150 Å². The maximum absolute atomic E-state index is 13.8. The summed E-state index contributed by atoms with van der Waals surface area (Å²) in [6.07, 6.45) is 1.63. The fourth-order valence-electron chi connectivity index (χ4n) is 4.39. The average Bonchev–Trinajstić information content (AvgIpc) is 2.83. The lowest BCUT2D eigenvalue weighted by Gasteiger charge is -2.42. The molecule has 3 N–H and O–H groups in total. The molecular formula is C20H31FN2O2. The van der Waals surface area contributed by atoms with E-state index in [1.807, 2.05) is 0 Å². The molecule has 4 nitrogen and oxygen atoms in total. The highest BCUT2D eigenvalue weighted by molar-refractivity contribution is 5.24. The molecule has 25 heavy (non-hydrogen) atoms. The summed E-state index contributed by atoms with van der Waals surface area (Å²) in [5.74, 6) is 0.479. The van der Waals surface area contributed by atoms with Crippen LogP contribution in [0.15, 0.2) is 24.3 Å². The van der Waals surface area contributed by atoms with Gasteiger partial charge >= 0.3 is 0 Å². The number of benzene rings is 1. The van der Waals surface area contributed by atoms with Crippen molar-refractivity contribution in [3.63, 3.8) is 0 Å². The number of nitrogens with two attached hydrogens (primary N) is 1. The van der Waals surface area contributed by atoms with Crippen LogP contribution in [-0.4, -0.2) is 47.4 Å². The van der Waals surface area contributed by atoms with E-state index in [0.29, 0.717) is 17.8 Å². The number of hydrogen-bond donors (Lipinski definition) is 2. The topological polar surface area (TPSA) is 58.7 Å². The predicted octanol–water partition coefficient (Wildman–Crippen LogP) is 2.79. The molecule has 140 valence electrons. The van der Waals surface area contributed by atoms with Crippen molar-refractivity contribution in [2.75, 3.05) is 13.1 Å². The van der Waals surface area contributed by atoms with Crippen molar-refractivity contribution < 1.29 is 14.2 Å². The van der Waals surface area contributed by atoms with Crippen LogP contribution in [0.2, 0.25) is 0 Å². The first-order valence-electron chi connectivity index (χ1n) is 9.36. The van der Waals surface area contributed by atoms with Crippen LogP contribution in [0.1, 0.15) is 40.0 Å². The van der Waals surface area contributed by atoms with Crippen molar-refractivity contribution in [1.82, 2.24) is 4.90 Å². The number of ether oxygens (including phenoxy) is 1. The summed E-state index contributed by atoms with van der Waals surface area (Å²) in [6, 6.07) is 6.05. The molecule has 0 aromatic heterocycles. The van der Waals surface area contributed by atoms with Gasteiger partial charge < -0.3 is 15.6 Å². The number of para-hydroxylation sites is 1. The molecule has 1 heterocycles. The van der Waals surface area contributed by atoms with Gasteiger partial charge in [-0.1, -0.05) is 32.9 Å². The zero-order valence-electron chi connectivity index (χ0n) is 15.5. The van der Waals surface area contributed by atoms with E-state index in [1.54, 1.807) is 18.2 Å². The fraction of sp³-hybridized carbons (Fsp3) is 0.700. The zero-order valence-corrected chi connectivity index (χ0v) is 15.5. The van der Waals surface area contributed by atoms with Crippen molar-refractivity contribution in [1.29, 1.82) is 0 Å². The molecule has 1 aromatic rings. The van der Waals surface area contributed by atoms with Crippen LogP contribution in [0, 0.1) is 17.2 Å². The highest BCUT2D eigenvalue weighted by Crippen LogP contribution is 2.37. The monoisotopic (exact) mass is 350 g/mol. The Balaban J connectivity index is 1.63. The molecule has 0 radical (unpaired) electrons. The molecule has 1 saturated carbocycles. The van der Waals surface area contributed by atoms with Gasteiger partial charge in [-0.3, -0.25) is 4.90 Å². The maximum atomic E-state index is 13.8. The number of aliphatic hydroxyl groups is 1. The first kappa shape index (κ1) is 18.6. The quantitative estimate of drug-likeness (QED) is 0.880. The second-order valence-corrected chi connectivity index (χ2v) is 8.64. The van der Waals surface area contributed by atoms with Crippen LogP contribution in [0.25, 0.3) is 0 Å². The molecular weight excluding hydrogens is 319 g/mol. The Morgan fingerprint density at radius 1 is 1.20 bits per heavy atom. The summed E-state index contributed by atoms with van der Waals surface area (Å²) < 4.78 is 19.6. The smallest absolute Gasteiger partial charge is 0.165 e. The molecule has 1 aliphatic heterocycles. The Morgan fingerprint density at radius 3 is 2.44 bits per heavy atom. The van der Waals surface area contributed by atoms with Gasteiger partial charge in [0.15, 0.2) is 11.6 Å². The van der Waals surface area contributed by atoms with E-state index in [1.165, 1.54) is 6.07 Å². The van der Waals surface area contributed by atoms with Gasteiger partial charge in [0.2, 0.25) is 0 Å². The molecule has 1 aliphatic carbocycles. The number of piperidine rings is 1. The normalized spacial score (nSPS) is 32.1. The van der Waals surface area contributed by atoms with E-state index >= 15 is 0 Å². The lowest BCUT2D eigenvalue weighted by atomic mass is 9.75. The summed E-state index contributed by atoms with van der Waals surface area (Å²) in [4.78, 5) is 2.31. The summed E-state index contributed by atoms with van der Waals surface area (Å²) in [6.45, 7) is 8.78. The molecule has 5 heteroatoms. The fourth-order valence-corrected chi connectivity index (χ4v) is 4.39. The van der Waals surface area contributed by atoms with Crippen LogP contribution in [0.3, 0.4) is 0 Å². The molecule has 0 unspecified atom stereocenters. The number of nitrogens with zero attached hydrogens (tertiary/aromatic N) is 1. The molecule has 1 saturated heterocycles. The van der Waals surface area contributed by atoms with Crippen molar-refractivity contribution >= 4 is 0 Å². The van der Waals surface area contributed by atoms with Gasteiger partial charge in [-0.15, -0.1) is 0 Å². The van der Waals surface area contributed by atoms with E-state index in [-0.39, 0.29) is 17.8 Å². The summed E-state index contributed by atoms with van der Waals surface area (Å²) >= 11 is 0. The Morgan fingerprint density at radius 2 is 1.84 bits per heavy atom. The Kier molecular flexibility index (Phi) is 5.37. The minimum absolute atomic E-state index is 0.113. The van der Waals surface area contributed by atoms with Gasteiger partial charge in [-0.2, -0.15) is 0 Å². The maximum Gasteiger partial charge on any atom is 0.165 e. The van der Waals surface area contributed by atoms with E-state index in [4.69, 9.17) is 10.5 Å². The van der Waals surface area contributed by atoms with Gasteiger partial charge in [-0.05, 0) is 49.4 Å². The van der Waals surface area contributed by atoms with Crippen LogP contribution >= 0.6 is 0 Å². The first-order chi connectivity index (χ1) is 11.8. The Hall–Kier alpha value is -1.17. The van der Waals surface area contributed by atoms with Crippen LogP contribution in [0.5, 0.6) is 5.75 Å². The molecule has 1 aromatic carbocycles. The minimum Gasteiger partial charge on any atom is -0.485 e. The zero-order chi connectivity index (χ0) is 18.2. The van der Waals surface area contributed by atoms with Crippen molar-refractivity contribution in [3.8, 4) is 5.75 Å². The Bertz CT molecular complexity index is 581. The minimum atomic E-state index is -0.694. The average molecular weight is 350 g/mol. The third-order valence-corrected chi connectivity index (χ3v) is 5.96. The van der Waals surface area contributed by atoms with E-state index in [9.17, 15) is 9.50 Å². The van der Waals surface area contributed by atoms with Crippen LogP contribution in [0.4, 0.5) is 4.39 Å². The SMILES string of the molecule is CC(C)(C)C1CCN([C@@H]2[C@@H](O)[C@H](Oc3ccccc3F)C[C@H]2N)CC1. The second-order valence-electron chi connectivity index (χ2n) is 8.64. The predicted molar refractivity (Wildman–Crippen MR) is 97.0 cm³/mol. The van der Waals surface area contributed by atoms with Gasteiger partial charge in [-0.25, -0.2) is 4.39 Å². The van der Waals surface area contributed by atoms with Crippen molar-refractivity contribution in [2.45, 2.75) is 64.3 Å². The van der Waals surface area contributed by atoms with E-state index in [2.05, 4.69) is 25.7 Å². The number of hydrogen-bond acceptors (Lipinski definition) is 4. The third kappa shape index (κ3) is 3.99. The van der Waals surface area contributed by atoms with Gasteiger partial charge in [0.25, 0.3) is 0 Å². The van der Waals surface area contributed by atoms with Crippen molar-refractivity contribution in [2.24, 2.45) is 17.1 Å². The summed E-state index contributed by atoms with van der Waals surface area (Å²) in [5, 5.41) is 10.8. The van der Waals surface area contributed by atoms with E-state index in [0.717, 1.165) is 25.9 Å². The molecule has 0 amide bonds. The number of rotatable bonds is 3. The number of halogens is 1. The van der Waals surface area contributed by atoms with Crippen molar-refractivity contribution in [3.05, 3.63) is 30.1 Å². The third-order valence-electron chi connectivity index (χ3n) is 5.96. The molecule has 3 rings (SSSR count). The molecule has 4 atom stereocenters. The molecule has 2 aliphatic rings. The number of likely N-dealkylation sites (tertiary alicyclic amines) is 1.